The van der Waals surface area contributed by atoms with Crippen LogP contribution in [0.4, 0.5) is 5.69 Å². The lowest BCUT2D eigenvalue weighted by Gasteiger charge is -2.28. The van der Waals surface area contributed by atoms with Gasteiger partial charge in [0, 0.05) is 36.4 Å². The van der Waals surface area contributed by atoms with Crippen LogP contribution in [-0.4, -0.2) is 53.5 Å². The van der Waals surface area contributed by atoms with E-state index in [1.807, 2.05) is 12.1 Å². The molecule has 0 spiro atoms. The first-order chi connectivity index (χ1) is 16.2. The van der Waals surface area contributed by atoms with E-state index in [2.05, 4.69) is 51.7 Å². The van der Waals surface area contributed by atoms with E-state index in [-0.39, 0.29) is 0 Å². The molecule has 0 N–H and O–H groups in total. The van der Waals surface area contributed by atoms with E-state index in [1.54, 1.807) is 0 Å². The third-order valence-electron chi connectivity index (χ3n) is 7.19. The number of hydrogen-bond donors (Lipinski definition) is 0. The predicted octanol–water partition coefficient (Wildman–Crippen LogP) is 5.98. The van der Waals surface area contributed by atoms with Gasteiger partial charge in [-0.05, 0) is 87.9 Å². The van der Waals surface area contributed by atoms with Crippen molar-refractivity contribution in [2.45, 2.75) is 58.0 Å². The van der Waals surface area contributed by atoms with Crippen molar-refractivity contribution in [3.63, 3.8) is 0 Å². The molecule has 0 amide bonds. The summed E-state index contributed by atoms with van der Waals surface area (Å²) in [7, 11) is 0. The first-order valence-electron chi connectivity index (χ1n) is 12.5. The van der Waals surface area contributed by atoms with Crippen molar-refractivity contribution < 1.29 is 4.74 Å². The SMILES string of the molecule is C[C@H]1CCCN1CCCOc1nn(Cc2ccc(Cl)cc2)c2ccc(N3CCCCC3)cc12. The second-order valence-electron chi connectivity index (χ2n) is 9.57. The Hall–Kier alpha value is -2.24. The molecule has 176 valence electrons. The minimum Gasteiger partial charge on any atom is -0.476 e. The highest BCUT2D eigenvalue weighted by atomic mass is 35.5. The molecule has 5 rings (SSSR count). The predicted molar refractivity (Wildman–Crippen MR) is 137 cm³/mol. The summed E-state index contributed by atoms with van der Waals surface area (Å²) in [5.74, 6) is 0.757. The average Bonchev–Trinajstić information content (AvgIpc) is 3.41. The maximum absolute atomic E-state index is 6.30. The number of halogens is 1. The largest absolute Gasteiger partial charge is 0.476 e. The van der Waals surface area contributed by atoms with Gasteiger partial charge in [-0.1, -0.05) is 23.7 Å². The minimum atomic E-state index is 0.699. The second-order valence-corrected chi connectivity index (χ2v) is 10.0. The third-order valence-corrected chi connectivity index (χ3v) is 7.44. The highest BCUT2D eigenvalue weighted by Crippen LogP contribution is 2.31. The number of ether oxygens (including phenoxy) is 1. The molecule has 2 aliphatic heterocycles. The van der Waals surface area contributed by atoms with Crippen LogP contribution in [0.25, 0.3) is 10.9 Å². The Morgan fingerprint density at radius 3 is 2.58 bits per heavy atom. The van der Waals surface area contributed by atoms with E-state index in [4.69, 9.17) is 21.4 Å². The van der Waals surface area contributed by atoms with Crippen LogP contribution in [-0.2, 0) is 6.54 Å². The zero-order chi connectivity index (χ0) is 22.6. The highest BCUT2D eigenvalue weighted by molar-refractivity contribution is 6.30. The van der Waals surface area contributed by atoms with Gasteiger partial charge in [0.2, 0.25) is 5.88 Å². The summed E-state index contributed by atoms with van der Waals surface area (Å²) in [6.07, 6.45) is 7.54. The highest BCUT2D eigenvalue weighted by Gasteiger charge is 2.20. The van der Waals surface area contributed by atoms with E-state index < -0.39 is 0 Å². The monoisotopic (exact) mass is 466 g/mol. The van der Waals surface area contributed by atoms with Crippen LogP contribution in [0.1, 0.15) is 51.0 Å². The Bertz CT molecular complexity index is 1060. The molecule has 0 radical (unpaired) electrons. The third kappa shape index (κ3) is 5.30. The lowest BCUT2D eigenvalue weighted by molar-refractivity contribution is 0.227. The van der Waals surface area contributed by atoms with Gasteiger partial charge in [-0.15, -0.1) is 5.10 Å². The van der Waals surface area contributed by atoms with Gasteiger partial charge in [-0.3, -0.25) is 4.68 Å². The molecule has 0 bridgehead atoms. The quantitative estimate of drug-likeness (QED) is 0.382. The fourth-order valence-electron chi connectivity index (χ4n) is 5.24. The van der Waals surface area contributed by atoms with Gasteiger partial charge in [0.25, 0.3) is 0 Å². The van der Waals surface area contributed by atoms with Crippen molar-refractivity contribution in [2.75, 3.05) is 37.7 Å². The minimum absolute atomic E-state index is 0.699. The summed E-state index contributed by atoms with van der Waals surface area (Å²) in [6.45, 7) is 8.32. The number of likely N-dealkylation sites (tertiary alicyclic amines) is 1. The van der Waals surface area contributed by atoms with Crippen molar-refractivity contribution in [2.24, 2.45) is 0 Å². The van der Waals surface area contributed by atoms with Gasteiger partial charge in [-0.2, -0.15) is 0 Å². The summed E-state index contributed by atoms with van der Waals surface area (Å²) in [5.41, 5.74) is 3.58. The summed E-state index contributed by atoms with van der Waals surface area (Å²) in [6, 6.07) is 15.4. The Kier molecular flexibility index (Phi) is 7.07. The molecule has 2 aromatic carbocycles. The smallest absolute Gasteiger partial charge is 0.240 e. The molecular formula is C27H35ClN4O. The number of benzene rings is 2. The number of anilines is 1. The molecule has 6 heteroatoms. The maximum Gasteiger partial charge on any atom is 0.240 e. The number of aromatic nitrogens is 2. The zero-order valence-electron chi connectivity index (χ0n) is 19.7. The van der Waals surface area contributed by atoms with Crippen LogP contribution in [0.3, 0.4) is 0 Å². The molecule has 3 aromatic rings. The number of fused-ring (bicyclic) bond motifs is 1. The summed E-state index contributed by atoms with van der Waals surface area (Å²) < 4.78 is 8.36. The Balaban J connectivity index is 1.36. The first kappa shape index (κ1) is 22.5. The van der Waals surface area contributed by atoms with Crippen LogP contribution in [0.2, 0.25) is 5.02 Å². The Morgan fingerprint density at radius 1 is 1.00 bits per heavy atom. The van der Waals surface area contributed by atoms with Crippen molar-refractivity contribution in [1.82, 2.24) is 14.7 Å². The molecule has 2 aliphatic rings. The molecular weight excluding hydrogens is 432 g/mol. The number of nitrogens with zero attached hydrogens (tertiary/aromatic N) is 4. The van der Waals surface area contributed by atoms with Gasteiger partial charge < -0.3 is 14.5 Å². The Morgan fingerprint density at radius 2 is 1.82 bits per heavy atom. The fourth-order valence-corrected chi connectivity index (χ4v) is 5.36. The van der Waals surface area contributed by atoms with E-state index in [9.17, 15) is 0 Å². The molecule has 1 atom stereocenters. The van der Waals surface area contributed by atoms with E-state index in [1.165, 1.54) is 49.9 Å². The standard InChI is InChI=1S/C27H35ClN4O/c1-21-7-5-16-30(21)17-6-18-33-27-25-19-24(31-14-3-2-4-15-31)12-13-26(25)32(29-27)20-22-8-10-23(28)11-9-22/h8-13,19,21H,2-7,14-18,20H2,1H3/t21-/m0/s1. The van der Waals surface area contributed by atoms with Crippen LogP contribution in [0.15, 0.2) is 42.5 Å². The first-order valence-corrected chi connectivity index (χ1v) is 12.9. The average molecular weight is 467 g/mol. The summed E-state index contributed by atoms with van der Waals surface area (Å²) in [5, 5.41) is 6.78. The van der Waals surface area contributed by atoms with Crippen LogP contribution in [0.5, 0.6) is 5.88 Å². The van der Waals surface area contributed by atoms with Crippen molar-refractivity contribution in [3.8, 4) is 5.88 Å². The Labute approximate surface area is 202 Å². The van der Waals surface area contributed by atoms with Gasteiger partial charge >= 0.3 is 0 Å². The molecule has 2 fully saturated rings. The van der Waals surface area contributed by atoms with E-state index >= 15 is 0 Å². The van der Waals surface area contributed by atoms with E-state index in [0.29, 0.717) is 19.2 Å². The summed E-state index contributed by atoms with van der Waals surface area (Å²) in [4.78, 5) is 5.08. The van der Waals surface area contributed by atoms with Crippen LogP contribution in [0, 0.1) is 0 Å². The molecule has 0 aliphatic carbocycles. The molecule has 0 unspecified atom stereocenters. The van der Waals surface area contributed by atoms with Gasteiger partial charge in [0.1, 0.15) is 0 Å². The van der Waals surface area contributed by atoms with Crippen molar-refractivity contribution in [3.05, 3.63) is 53.1 Å². The van der Waals surface area contributed by atoms with Crippen molar-refractivity contribution >= 4 is 28.2 Å². The van der Waals surface area contributed by atoms with Crippen molar-refractivity contribution in [1.29, 1.82) is 0 Å². The lowest BCUT2D eigenvalue weighted by atomic mass is 10.1. The van der Waals surface area contributed by atoms with Crippen LogP contribution >= 0.6 is 11.6 Å². The topological polar surface area (TPSA) is 33.5 Å². The van der Waals surface area contributed by atoms with Gasteiger partial charge in [-0.25, -0.2) is 0 Å². The number of rotatable bonds is 8. The zero-order valence-corrected chi connectivity index (χ0v) is 20.4. The maximum atomic E-state index is 6.30. The molecule has 0 saturated carbocycles. The number of piperidine rings is 1. The number of hydrogen-bond acceptors (Lipinski definition) is 4. The van der Waals surface area contributed by atoms with Gasteiger partial charge in [0.15, 0.2) is 0 Å². The summed E-state index contributed by atoms with van der Waals surface area (Å²) >= 11 is 6.08. The molecule has 2 saturated heterocycles. The van der Waals surface area contributed by atoms with E-state index in [0.717, 1.165) is 47.9 Å². The molecule has 5 nitrogen and oxygen atoms in total. The fraction of sp³-hybridized carbons (Fsp3) is 0.519. The normalized spacial score (nSPS) is 19.5. The van der Waals surface area contributed by atoms with Crippen LogP contribution < -0.4 is 9.64 Å². The molecule has 3 heterocycles. The molecule has 1 aromatic heterocycles. The lowest BCUT2D eigenvalue weighted by Crippen LogP contribution is -2.29. The molecule has 33 heavy (non-hydrogen) atoms. The second kappa shape index (κ2) is 10.4. The van der Waals surface area contributed by atoms with Gasteiger partial charge in [0.05, 0.1) is 24.1 Å².